The van der Waals surface area contributed by atoms with Gasteiger partial charge in [0.15, 0.2) is 0 Å². The predicted molar refractivity (Wildman–Crippen MR) is 58.6 cm³/mol. The van der Waals surface area contributed by atoms with E-state index in [0.29, 0.717) is 19.0 Å². The molecule has 1 rings (SSSR count). The van der Waals surface area contributed by atoms with Gasteiger partial charge >= 0.3 is 0 Å². The van der Waals surface area contributed by atoms with Crippen LogP contribution in [-0.4, -0.2) is 43.6 Å². The summed E-state index contributed by atoms with van der Waals surface area (Å²) in [7, 11) is -3.38. The fraction of sp³-hybridized carbons (Fsp3) is 1.00. The molecule has 0 aromatic rings. The van der Waals surface area contributed by atoms with Crippen LogP contribution < -0.4 is 4.72 Å². The molecule has 1 atom stereocenters. The first-order chi connectivity index (χ1) is 6.92. The standard InChI is InChI=1S/C9H20N2O3S/c1-8-3-5-11(6-4-8)15(13,14)10-7-9(2)12/h8-10,12H,3-7H2,1-2H3. The number of hydrogen-bond acceptors (Lipinski definition) is 3. The van der Waals surface area contributed by atoms with Crippen molar-refractivity contribution in [1.82, 2.24) is 9.03 Å². The minimum atomic E-state index is -3.38. The molecule has 1 aliphatic heterocycles. The molecule has 90 valence electrons. The van der Waals surface area contributed by atoms with Crippen LogP contribution in [0.3, 0.4) is 0 Å². The van der Waals surface area contributed by atoms with Crippen LogP contribution in [0.25, 0.3) is 0 Å². The Balaban J connectivity index is 2.47. The van der Waals surface area contributed by atoms with Gasteiger partial charge in [0.1, 0.15) is 0 Å². The number of piperidine rings is 1. The minimum Gasteiger partial charge on any atom is -0.392 e. The summed E-state index contributed by atoms with van der Waals surface area (Å²) in [6, 6.07) is 0. The zero-order valence-corrected chi connectivity index (χ0v) is 10.1. The molecule has 2 N–H and O–H groups in total. The SMILES string of the molecule is CC(O)CNS(=O)(=O)N1CCC(C)CC1. The third-order valence-corrected chi connectivity index (χ3v) is 4.22. The Labute approximate surface area is 91.7 Å². The van der Waals surface area contributed by atoms with Gasteiger partial charge in [0, 0.05) is 19.6 Å². The summed E-state index contributed by atoms with van der Waals surface area (Å²) < 4.78 is 27.2. The average Bonchev–Trinajstić information content (AvgIpc) is 2.16. The molecule has 5 nitrogen and oxygen atoms in total. The summed E-state index contributed by atoms with van der Waals surface area (Å²) >= 11 is 0. The van der Waals surface area contributed by atoms with Crippen molar-refractivity contribution in [3.63, 3.8) is 0 Å². The Kier molecular flexibility index (Phi) is 4.51. The van der Waals surface area contributed by atoms with Gasteiger partial charge in [0.25, 0.3) is 10.2 Å². The van der Waals surface area contributed by atoms with E-state index in [1.807, 2.05) is 0 Å². The monoisotopic (exact) mass is 236 g/mol. The van der Waals surface area contributed by atoms with E-state index in [1.54, 1.807) is 6.92 Å². The average molecular weight is 236 g/mol. The maximum absolute atomic E-state index is 11.7. The number of aliphatic hydroxyl groups excluding tert-OH is 1. The molecule has 0 aromatic heterocycles. The van der Waals surface area contributed by atoms with E-state index in [-0.39, 0.29) is 6.54 Å². The zero-order chi connectivity index (χ0) is 11.5. The number of aliphatic hydroxyl groups is 1. The summed E-state index contributed by atoms with van der Waals surface area (Å²) in [5, 5.41) is 9.01. The second kappa shape index (κ2) is 5.25. The van der Waals surface area contributed by atoms with E-state index in [0.717, 1.165) is 12.8 Å². The molecule has 0 radical (unpaired) electrons. The van der Waals surface area contributed by atoms with Crippen LogP contribution >= 0.6 is 0 Å². The molecular weight excluding hydrogens is 216 g/mol. The van der Waals surface area contributed by atoms with Crippen LogP contribution in [0.15, 0.2) is 0 Å². The molecule has 1 unspecified atom stereocenters. The molecule has 0 spiro atoms. The summed E-state index contributed by atoms with van der Waals surface area (Å²) in [5.41, 5.74) is 0. The molecule has 1 aliphatic rings. The van der Waals surface area contributed by atoms with Gasteiger partial charge < -0.3 is 5.11 Å². The molecule has 0 amide bonds. The summed E-state index contributed by atoms with van der Waals surface area (Å²) in [4.78, 5) is 0. The van der Waals surface area contributed by atoms with Crippen LogP contribution in [0.1, 0.15) is 26.7 Å². The lowest BCUT2D eigenvalue weighted by molar-refractivity contribution is 0.196. The minimum absolute atomic E-state index is 0.0778. The largest absolute Gasteiger partial charge is 0.392 e. The highest BCUT2D eigenvalue weighted by atomic mass is 32.2. The van der Waals surface area contributed by atoms with Crippen LogP contribution in [0, 0.1) is 5.92 Å². The van der Waals surface area contributed by atoms with Gasteiger partial charge in [-0.2, -0.15) is 17.4 Å². The third kappa shape index (κ3) is 4.06. The van der Waals surface area contributed by atoms with Crippen molar-refractivity contribution in [2.75, 3.05) is 19.6 Å². The van der Waals surface area contributed by atoms with Crippen LogP contribution in [0.5, 0.6) is 0 Å². The number of nitrogens with zero attached hydrogens (tertiary/aromatic N) is 1. The second-order valence-corrected chi connectivity index (χ2v) is 6.04. The summed E-state index contributed by atoms with van der Waals surface area (Å²) in [5.74, 6) is 0.605. The van der Waals surface area contributed by atoms with Gasteiger partial charge in [-0.05, 0) is 25.7 Å². The lowest BCUT2D eigenvalue weighted by Crippen LogP contribution is -2.46. The van der Waals surface area contributed by atoms with E-state index in [1.165, 1.54) is 4.31 Å². The first-order valence-corrected chi connectivity index (χ1v) is 6.78. The van der Waals surface area contributed by atoms with Crippen molar-refractivity contribution < 1.29 is 13.5 Å². The number of rotatable bonds is 4. The summed E-state index contributed by atoms with van der Waals surface area (Å²) in [6.45, 7) is 4.93. The molecule has 1 fully saturated rings. The zero-order valence-electron chi connectivity index (χ0n) is 9.31. The molecular formula is C9H20N2O3S. The quantitative estimate of drug-likeness (QED) is 0.718. The van der Waals surface area contributed by atoms with Crippen molar-refractivity contribution in [1.29, 1.82) is 0 Å². The third-order valence-electron chi connectivity index (χ3n) is 2.64. The van der Waals surface area contributed by atoms with Crippen LogP contribution in [0.2, 0.25) is 0 Å². The van der Waals surface area contributed by atoms with E-state index in [9.17, 15) is 8.42 Å². The Morgan fingerprint density at radius 2 is 2.00 bits per heavy atom. The highest BCUT2D eigenvalue weighted by Crippen LogP contribution is 2.17. The fourth-order valence-electron chi connectivity index (χ4n) is 1.54. The topological polar surface area (TPSA) is 69.6 Å². The predicted octanol–water partition coefficient (Wildman–Crippen LogP) is -0.0665. The fourth-order valence-corrected chi connectivity index (χ4v) is 2.87. The maximum atomic E-state index is 11.7. The first-order valence-electron chi connectivity index (χ1n) is 5.34. The molecule has 0 saturated carbocycles. The van der Waals surface area contributed by atoms with E-state index in [4.69, 9.17) is 5.11 Å². The number of nitrogens with one attached hydrogen (secondary N) is 1. The van der Waals surface area contributed by atoms with Gasteiger partial charge in [-0.15, -0.1) is 0 Å². The van der Waals surface area contributed by atoms with Crippen LogP contribution in [0.4, 0.5) is 0 Å². The summed E-state index contributed by atoms with van der Waals surface area (Å²) in [6.07, 6.45) is 1.18. The van der Waals surface area contributed by atoms with Gasteiger partial charge in [0.2, 0.25) is 0 Å². The highest BCUT2D eigenvalue weighted by molar-refractivity contribution is 7.87. The van der Waals surface area contributed by atoms with E-state index < -0.39 is 16.3 Å². The lowest BCUT2D eigenvalue weighted by atomic mass is 10.0. The molecule has 0 bridgehead atoms. The molecule has 1 heterocycles. The molecule has 6 heteroatoms. The Bertz CT molecular complexity index is 282. The van der Waals surface area contributed by atoms with Crippen LogP contribution in [-0.2, 0) is 10.2 Å². The lowest BCUT2D eigenvalue weighted by Gasteiger charge is -2.29. The van der Waals surface area contributed by atoms with Gasteiger partial charge in [0.05, 0.1) is 6.10 Å². The first kappa shape index (κ1) is 12.9. The van der Waals surface area contributed by atoms with Crippen molar-refractivity contribution in [3.8, 4) is 0 Å². The molecule has 15 heavy (non-hydrogen) atoms. The smallest absolute Gasteiger partial charge is 0.279 e. The molecule has 0 aromatic carbocycles. The van der Waals surface area contributed by atoms with Gasteiger partial charge in [-0.3, -0.25) is 0 Å². The van der Waals surface area contributed by atoms with Crippen molar-refractivity contribution >= 4 is 10.2 Å². The van der Waals surface area contributed by atoms with E-state index in [2.05, 4.69) is 11.6 Å². The molecule has 1 saturated heterocycles. The van der Waals surface area contributed by atoms with Gasteiger partial charge in [-0.25, -0.2) is 0 Å². The Hall–Kier alpha value is -0.170. The number of hydrogen-bond donors (Lipinski definition) is 2. The maximum Gasteiger partial charge on any atom is 0.279 e. The van der Waals surface area contributed by atoms with Crippen molar-refractivity contribution in [2.45, 2.75) is 32.8 Å². The van der Waals surface area contributed by atoms with E-state index >= 15 is 0 Å². The normalized spacial score (nSPS) is 22.9. The van der Waals surface area contributed by atoms with Crippen molar-refractivity contribution in [2.24, 2.45) is 5.92 Å². The van der Waals surface area contributed by atoms with Gasteiger partial charge in [-0.1, -0.05) is 6.92 Å². The Morgan fingerprint density at radius 1 is 1.47 bits per heavy atom. The Morgan fingerprint density at radius 3 is 2.47 bits per heavy atom. The second-order valence-electron chi connectivity index (χ2n) is 4.28. The molecule has 0 aliphatic carbocycles. The van der Waals surface area contributed by atoms with Crippen molar-refractivity contribution in [3.05, 3.63) is 0 Å². The highest BCUT2D eigenvalue weighted by Gasteiger charge is 2.25.